The first-order valence-electron chi connectivity index (χ1n) is 7.10. The quantitative estimate of drug-likeness (QED) is 0.789. The lowest BCUT2D eigenvalue weighted by Crippen LogP contribution is -2.35. The van der Waals surface area contributed by atoms with Gasteiger partial charge in [-0.25, -0.2) is 4.79 Å². The number of anilines is 1. The molecule has 1 saturated heterocycles. The van der Waals surface area contributed by atoms with Crippen molar-refractivity contribution in [2.24, 2.45) is 0 Å². The third-order valence-electron chi connectivity index (χ3n) is 3.57. The molecule has 3 amide bonds. The molecule has 0 spiro atoms. The molecule has 21 heavy (non-hydrogen) atoms. The first-order valence-corrected chi connectivity index (χ1v) is 7.10. The zero-order chi connectivity index (χ0) is 15.2. The zero-order valence-corrected chi connectivity index (χ0v) is 12.4. The molecule has 1 aliphatic rings. The van der Waals surface area contributed by atoms with Gasteiger partial charge in [0.15, 0.2) is 0 Å². The Labute approximate surface area is 124 Å². The van der Waals surface area contributed by atoms with Crippen LogP contribution in [0, 0.1) is 6.92 Å². The average Bonchev–Trinajstić information content (AvgIpc) is 3.00. The second kappa shape index (κ2) is 7.08. The maximum Gasteiger partial charge on any atom is 0.319 e. The van der Waals surface area contributed by atoms with Gasteiger partial charge in [-0.3, -0.25) is 4.79 Å². The van der Waals surface area contributed by atoms with Gasteiger partial charge < -0.3 is 20.7 Å². The molecule has 0 saturated carbocycles. The summed E-state index contributed by atoms with van der Waals surface area (Å²) in [6, 6.07) is 4.95. The zero-order valence-electron chi connectivity index (χ0n) is 12.4. The molecule has 114 valence electrons. The van der Waals surface area contributed by atoms with Crippen LogP contribution in [0.4, 0.5) is 10.5 Å². The van der Waals surface area contributed by atoms with E-state index in [1.165, 1.54) is 0 Å². The lowest BCUT2D eigenvalue weighted by atomic mass is 10.1. The molecule has 6 nitrogen and oxygen atoms in total. The minimum Gasteiger partial charge on any atom is -0.376 e. The summed E-state index contributed by atoms with van der Waals surface area (Å²) in [6.07, 6.45) is 2.13. The highest BCUT2D eigenvalue weighted by Crippen LogP contribution is 2.19. The summed E-state index contributed by atoms with van der Waals surface area (Å²) in [4.78, 5) is 23.6. The predicted molar refractivity (Wildman–Crippen MR) is 80.6 cm³/mol. The minimum atomic E-state index is -0.289. The second-order valence-electron chi connectivity index (χ2n) is 5.03. The Hall–Kier alpha value is -2.08. The molecular formula is C15H21N3O3. The highest BCUT2D eigenvalue weighted by atomic mass is 16.5. The highest BCUT2D eigenvalue weighted by molar-refractivity contribution is 5.98. The van der Waals surface area contributed by atoms with E-state index in [0.717, 1.165) is 25.0 Å². The van der Waals surface area contributed by atoms with Gasteiger partial charge in [0.2, 0.25) is 0 Å². The molecule has 3 N–H and O–H groups in total. The van der Waals surface area contributed by atoms with Crippen LogP contribution in [0.1, 0.15) is 28.8 Å². The van der Waals surface area contributed by atoms with E-state index in [0.29, 0.717) is 17.8 Å². The number of benzene rings is 1. The fourth-order valence-electron chi connectivity index (χ4n) is 2.33. The van der Waals surface area contributed by atoms with Gasteiger partial charge in [-0.15, -0.1) is 0 Å². The molecule has 1 heterocycles. The molecule has 1 aliphatic heterocycles. The summed E-state index contributed by atoms with van der Waals surface area (Å²) >= 11 is 0. The van der Waals surface area contributed by atoms with Gasteiger partial charge in [-0.1, -0.05) is 6.07 Å². The van der Waals surface area contributed by atoms with Crippen LogP contribution < -0.4 is 16.0 Å². The van der Waals surface area contributed by atoms with Crippen molar-refractivity contribution in [2.45, 2.75) is 25.9 Å². The number of nitrogens with one attached hydrogen (secondary N) is 3. The summed E-state index contributed by atoms with van der Waals surface area (Å²) in [5.41, 5.74) is 1.92. The van der Waals surface area contributed by atoms with Crippen LogP contribution in [0.5, 0.6) is 0 Å². The summed E-state index contributed by atoms with van der Waals surface area (Å²) in [5, 5.41) is 8.14. The highest BCUT2D eigenvalue weighted by Gasteiger charge is 2.17. The van der Waals surface area contributed by atoms with E-state index < -0.39 is 0 Å². The molecule has 0 aromatic heterocycles. The fraction of sp³-hybridized carbons (Fsp3) is 0.467. The third kappa shape index (κ3) is 3.95. The lowest BCUT2D eigenvalue weighted by Gasteiger charge is -2.14. The third-order valence-corrected chi connectivity index (χ3v) is 3.57. The normalized spacial score (nSPS) is 17.3. The number of urea groups is 1. The van der Waals surface area contributed by atoms with Crippen molar-refractivity contribution >= 4 is 17.6 Å². The number of rotatable bonds is 4. The molecule has 1 fully saturated rings. The van der Waals surface area contributed by atoms with Gasteiger partial charge in [0.1, 0.15) is 0 Å². The molecule has 0 radical (unpaired) electrons. The van der Waals surface area contributed by atoms with Crippen LogP contribution in [-0.4, -0.2) is 38.2 Å². The molecule has 1 atom stereocenters. The molecule has 0 aliphatic carbocycles. The molecule has 0 bridgehead atoms. The molecule has 1 aromatic carbocycles. The van der Waals surface area contributed by atoms with Gasteiger partial charge in [0, 0.05) is 31.5 Å². The SMILES string of the molecule is CNC(=O)c1cccc(NC(=O)NC[C@H]2CCCO2)c1C. The van der Waals surface area contributed by atoms with Crippen molar-refractivity contribution in [1.29, 1.82) is 0 Å². The predicted octanol–water partition coefficient (Wildman–Crippen LogP) is 1.66. The van der Waals surface area contributed by atoms with E-state index in [4.69, 9.17) is 4.74 Å². The number of carbonyl (C=O) groups is 2. The van der Waals surface area contributed by atoms with Gasteiger partial charge >= 0.3 is 6.03 Å². The monoisotopic (exact) mass is 291 g/mol. The number of amides is 3. The lowest BCUT2D eigenvalue weighted by molar-refractivity contribution is 0.0962. The van der Waals surface area contributed by atoms with Crippen molar-refractivity contribution < 1.29 is 14.3 Å². The molecule has 1 aromatic rings. The van der Waals surface area contributed by atoms with Crippen LogP contribution in [0.3, 0.4) is 0 Å². The summed E-state index contributed by atoms with van der Waals surface area (Å²) in [6.45, 7) is 3.07. The Balaban J connectivity index is 1.95. The largest absolute Gasteiger partial charge is 0.376 e. The van der Waals surface area contributed by atoms with E-state index in [-0.39, 0.29) is 18.0 Å². The Bertz CT molecular complexity index is 525. The van der Waals surface area contributed by atoms with E-state index in [2.05, 4.69) is 16.0 Å². The van der Waals surface area contributed by atoms with Crippen LogP contribution in [0.25, 0.3) is 0 Å². The van der Waals surface area contributed by atoms with Gasteiger partial charge in [-0.2, -0.15) is 0 Å². The fourth-order valence-corrected chi connectivity index (χ4v) is 2.33. The number of carbonyl (C=O) groups excluding carboxylic acids is 2. The Morgan fingerprint density at radius 1 is 1.38 bits per heavy atom. The Kier molecular flexibility index (Phi) is 5.16. The van der Waals surface area contributed by atoms with Crippen molar-refractivity contribution in [3.8, 4) is 0 Å². The van der Waals surface area contributed by atoms with E-state index in [1.807, 2.05) is 0 Å². The summed E-state index contributed by atoms with van der Waals surface area (Å²) < 4.78 is 5.45. The second-order valence-corrected chi connectivity index (χ2v) is 5.03. The summed E-state index contributed by atoms with van der Waals surface area (Å²) in [7, 11) is 1.58. The maximum atomic E-state index is 11.9. The number of ether oxygens (including phenoxy) is 1. The molecule has 2 rings (SSSR count). The first kappa shape index (κ1) is 15.3. The van der Waals surface area contributed by atoms with Crippen LogP contribution in [0.15, 0.2) is 18.2 Å². The standard InChI is InChI=1S/C15H21N3O3/c1-10-12(14(19)16-2)6-3-7-13(10)18-15(20)17-9-11-5-4-8-21-11/h3,6-7,11H,4-5,8-9H2,1-2H3,(H,16,19)(H2,17,18,20)/t11-/m1/s1. The van der Waals surface area contributed by atoms with Crippen molar-refractivity contribution in [1.82, 2.24) is 10.6 Å². The van der Waals surface area contributed by atoms with E-state index >= 15 is 0 Å². The van der Waals surface area contributed by atoms with Crippen molar-refractivity contribution in [3.63, 3.8) is 0 Å². The molecule has 0 unspecified atom stereocenters. The Morgan fingerprint density at radius 3 is 2.86 bits per heavy atom. The average molecular weight is 291 g/mol. The molecule has 6 heteroatoms. The topological polar surface area (TPSA) is 79.5 Å². The maximum absolute atomic E-state index is 11.9. The smallest absolute Gasteiger partial charge is 0.319 e. The van der Waals surface area contributed by atoms with Crippen LogP contribution in [-0.2, 0) is 4.74 Å². The summed E-state index contributed by atoms with van der Waals surface area (Å²) in [5.74, 6) is -0.170. The Morgan fingerprint density at radius 2 is 2.19 bits per heavy atom. The molecular weight excluding hydrogens is 270 g/mol. The first-order chi connectivity index (χ1) is 10.1. The number of hydrogen-bond donors (Lipinski definition) is 3. The van der Waals surface area contributed by atoms with E-state index in [1.54, 1.807) is 32.2 Å². The van der Waals surface area contributed by atoms with Gasteiger partial charge in [0.25, 0.3) is 5.91 Å². The van der Waals surface area contributed by atoms with Crippen molar-refractivity contribution in [2.75, 3.05) is 25.5 Å². The minimum absolute atomic E-state index is 0.106. The van der Waals surface area contributed by atoms with Gasteiger partial charge in [-0.05, 0) is 37.5 Å². The van der Waals surface area contributed by atoms with Crippen LogP contribution in [0.2, 0.25) is 0 Å². The van der Waals surface area contributed by atoms with Crippen molar-refractivity contribution in [3.05, 3.63) is 29.3 Å². The van der Waals surface area contributed by atoms with Gasteiger partial charge in [0.05, 0.1) is 6.10 Å². The van der Waals surface area contributed by atoms with Crippen LogP contribution >= 0.6 is 0 Å². The number of hydrogen-bond acceptors (Lipinski definition) is 3. The van der Waals surface area contributed by atoms with E-state index in [9.17, 15) is 9.59 Å².